The highest BCUT2D eigenvalue weighted by atomic mass is 32.1. The second-order valence-electron chi connectivity index (χ2n) is 5.49. The van der Waals surface area contributed by atoms with Crippen LogP contribution in [0.1, 0.15) is 30.9 Å². The molecule has 2 atom stereocenters. The Morgan fingerprint density at radius 1 is 1.33 bits per heavy atom. The van der Waals surface area contributed by atoms with E-state index in [9.17, 15) is 0 Å². The molecule has 0 aromatic carbocycles. The Labute approximate surface area is 114 Å². The molecule has 0 saturated carbocycles. The van der Waals surface area contributed by atoms with Gasteiger partial charge in [0.05, 0.1) is 0 Å². The van der Waals surface area contributed by atoms with Gasteiger partial charge in [0.2, 0.25) is 0 Å². The third kappa shape index (κ3) is 2.48. The van der Waals surface area contributed by atoms with Crippen molar-refractivity contribution < 1.29 is 0 Å². The zero-order valence-electron chi connectivity index (χ0n) is 10.9. The molecule has 3 nitrogen and oxygen atoms in total. The van der Waals surface area contributed by atoms with Crippen molar-refractivity contribution in [2.75, 3.05) is 32.7 Å². The van der Waals surface area contributed by atoms with Crippen LogP contribution < -0.4 is 5.73 Å². The lowest BCUT2D eigenvalue weighted by atomic mass is 9.97. The normalized spacial score (nSPS) is 27.9. The van der Waals surface area contributed by atoms with Crippen LogP contribution in [0.2, 0.25) is 0 Å². The van der Waals surface area contributed by atoms with Crippen LogP contribution >= 0.6 is 11.3 Å². The number of nitrogens with two attached hydrogens (primary N) is 1. The molecule has 0 spiro atoms. The topological polar surface area (TPSA) is 32.5 Å². The molecule has 0 bridgehead atoms. The predicted molar refractivity (Wildman–Crippen MR) is 76.9 cm³/mol. The van der Waals surface area contributed by atoms with Crippen molar-refractivity contribution >= 4 is 11.3 Å². The molecule has 4 heteroatoms. The van der Waals surface area contributed by atoms with Crippen LogP contribution in [0.25, 0.3) is 0 Å². The van der Waals surface area contributed by atoms with Crippen molar-refractivity contribution in [2.45, 2.75) is 31.3 Å². The number of piperidine rings is 1. The maximum atomic E-state index is 6.01. The van der Waals surface area contributed by atoms with Crippen LogP contribution in [0.4, 0.5) is 0 Å². The first-order valence-corrected chi connectivity index (χ1v) is 8.03. The number of rotatable bonds is 3. The third-order valence-corrected chi connectivity index (χ3v) is 5.16. The number of hydrogen-bond donors (Lipinski definition) is 1. The van der Waals surface area contributed by atoms with E-state index in [1.807, 2.05) is 0 Å². The van der Waals surface area contributed by atoms with Gasteiger partial charge in [-0.15, -0.1) is 0 Å². The molecule has 2 fully saturated rings. The van der Waals surface area contributed by atoms with E-state index in [0.717, 1.165) is 12.6 Å². The van der Waals surface area contributed by atoms with Gasteiger partial charge >= 0.3 is 0 Å². The molecule has 2 aliphatic rings. The Balaban J connectivity index is 1.69. The molecular formula is C14H23N3S. The van der Waals surface area contributed by atoms with Crippen molar-refractivity contribution in [1.29, 1.82) is 0 Å². The van der Waals surface area contributed by atoms with E-state index in [4.69, 9.17) is 5.73 Å². The molecule has 2 N–H and O–H groups in total. The Hall–Kier alpha value is -0.420. The van der Waals surface area contributed by atoms with Gasteiger partial charge in [0, 0.05) is 38.3 Å². The van der Waals surface area contributed by atoms with Gasteiger partial charge in [0.1, 0.15) is 0 Å². The van der Waals surface area contributed by atoms with Gasteiger partial charge < -0.3 is 5.73 Å². The molecule has 0 radical (unpaired) electrons. The molecule has 2 aliphatic heterocycles. The summed E-state index contributed by atoms with van der Waals surface area (Å²) in [6.07, 6.45) is 4.17. The number of hydrogen-bond acceptors (Lipinski definition) is 4. The van der Waals surface area contributed by atoms with Gasteiger partial charge in [-0.25, -0.2) is 0 Å². The van der Waals surface area contributed by atoms with Crippen molar-refractivity contribution in [1.82, 2.24) is 9.80 Å². The average Bonchev–Trinajstić information content (AvgIpc) is 2.93. The van der Waals surface area contributed by atoms with E-state index >= 15 is 0 Å². The van der Waals surface area contributed by atoms with E-state index in [2.05, 4.69) is 26.6 Å². The largest absolute Gasteiger partial charge is 0.329 e. The Bertz CT molecular complexity index is 365. The van der Waals surface area contributed by atoms with Crippen molar-refractivity contribution in [3.8, 4) is 0 Å². The molecule has 100 valence electrons. The third-order valence-electron chi connectivity index (χ3n) is 4.46. The van der Waals surface area contributed by atoms with E-state index in [-0.39, 0.29) is 0 Å². The lowest BCUT2D eigenvalue weighted by Gasteiger charge is -2.46. The summed E-state index contributed by atoms with van der Waals surface area (Å²) in [7, 11) is 0. The predicted octanol–water partition coefficient (Wildman–Crippen LogP) is 1.92. The molecule has 1 aromatic rings. The summed E-state index contributed by atoms with van der Waals surface area (Å²) in [4.78, 5) is 5.29. The first kappa shape index (κ1) is 12.6. The lowest BCUT2D eigenvalue weighted by Crippen LogP contribution is -2.56. The van der Waals surface area contributed by atoms with Gasteiger partial charge in [0.15, 0.2) is 0 Å². The first-order chi connectivity index (χ1) is 8.88. The molecule has 2 unspecified atom stereocenters. The second-order valence-corrected chi connectivity index (χ2v) is 6.27. The fourth-order valence-corrected chi connectivity index (χ4v) is 4.13. The zero-order chi connectivity index (χ0) is 12.4. The van der Waals surface area contributed by atoms with Crippen LogP contribution in [0.3, 0.4) is 0 Å². The fourth-order valence-electron chi connectivity index (χ4n) is 3.42. The molecule has 3 heterocycles. The summed E-state index contributed by atoms with van der Waals surface area (Å²) in [5.41, 5.74) is 7.42. The molecule has 2 saturated heterocycles. The maximum Gasteiger partial charge on any atom is 0.0479 e. The number of thiophene rings is 1. The first-order valence-electron chi connectivity index (χ1n) is 7.09. The highest BCUT2D eigenvalue weighted by Gasteiger charge is 2.32. The minimum atomic E-state index is 0.431. The molecular weight excluding hydrogens is 242 g/mol. The summed E-state index contributed by atoms with van der Waals surface area (Å²) in [6.45, 7) is 5.66. The van der Waals surface area contributed by atoms with E-state index in [1.54, 1.807) is 11.3 Å². The number of piperazine rings is 1. The molecule has 3 rings (SSSR count). The van der Waals surface area contributed by atoms with Crippen LogP contribution in [-0.2, 0) is 0 Å². The van der Waals surface area contributed by atoms with Crippen molar-refractivity contribution in [2.24, 2.45) is 5.73 Å². The standard InChI is InChI=1S/C14H23N3S/c15-9-14(12-4-8-18-11-12)17-7-6-16-5-2-1-3-13(16)10-17/h4,8,11,13-14H,1-3,5-7,9-10,15H2. The highest BCUT2D eigenvalue weighted by molar-refractivity contribution is 7.07. The van der Waals surface area contributed by atoms with Crippen LogP contribution in [0.5, 0.6) is 0 Å². The summed E-state index contributed by atoms with van der Waals surface area (Å²) in [5.74, 6) is 0. The second kappa shape index (κ2) is 5.70. The van der Waals surface area contributed by atoms with Crippen LogP contribution in [0.15, 0.2) is 16.8 Å². The molecule has 1 aromatic heterocycles. The zero-order valence-corrected chi connectivity index (χ0v) is 11.7. The van der Waals surface area contributed by atoms with E-state index < -0.39 is 0 Å². The van der Waals surface area contributed by atoms with Crippen molar-refractivity contribution in [3.63, 3.8) is 0 Å². The quantitative estimate of drug-likeness (QED) is 0.906. The Morgan fingerprint density at radius 3 is 3.06 bits per heavy atom. The summed E-state index contributed by atoms with van der Waals surface area (Å²) in [5, 5.41) is 4.42. The molecule has 0 amide bonds. The highest BCUT2D eigenvalue weighted by Crippen LogP contribution is 2.28. The SMILES string of the molecule is NCC(c1ccsc1)N1CCN2CCCCC2C1. The monoisotopic (exact) mass is 265 g/mol. The molecule has 0 aliphatic carbocycles. The summed E-state index contributed by atoms with van der Waals surface area (Å²) in [6, 6.07) is 3.44. The summed E-state index contributed by atoms with van der Waals surface area (Å²) < 4.78 is 0. The van der Waals surface area contributed by atoms with Crippen LogP contribution in [0, 0.1) is 0 Å². The number of nitrogens with zero attached hydrogens (tertiary/aromatic N) is 2. The summed E-state index contributed by atoms with van der Waals surface area (Å²) >= 11 is 1.78. The van der Waals surface area contributed by atoms with Gasteiger partial charge in [-0.2, -0.15) is 11.3 Å². The average molecular weight is 265 g/mol. The Morgan fingerprint density at radius 2 is 2.28 bits per heavy atom. The minimum absolute atomic E-state index is 0.431. The van der Waals surface area contributed by atoms with Crippen LogP contribution in [-0.4, -0.2) is 48.6 Å². The maximum absolute atomic E-state index is 6.01. The van der Waals surface area contributed by atoms with Gasteiger partial charge in [-0.05, 0) is 41.8 Å². The van der Waals surface area contributed by atoms with Gasteiger partial charge in [0.25, 0.3) is 0 Å². The Kier molecular flexibility index (Phi) is 3.99. The van der Waals surface area contributed by atoms with E-state index in [1.165, 1.54) is 51.0 Å². The molecule has 18 heavy (non-hydrogen) atoms. The van der Waals surface area contributed by atoms with Gasteiger partial charge in [-0.1, -0.05) is 6.42 Å². The van der Waals surface area contributed by atoms with Crippen molar-refractivity contribution in [3.05, 3.63) is 22.4 Å². The lowest BCUT2D eigenvalue weighted by molar-refractivity contribution is 0.0287. The smallest absolute Gasteiger partial charge is 0.0479 e. The van der Waals surface area contributed by atoms with E-state index in [0.29, 0.717) is 6.04 Å². The fraction of sp³-hybridized carbons (Fsp3) is 0.714. The number of fused-ring (bicyclic) bond motifs is 1. The minimum Gasteiger partial charge on any atom is -0.329 e. The van der Waals surface area contributed by atoms with Gasteiger partial charge in [-0.3, -0.25) is 9.80 Å².